The highest BCUT2D eigenvalue weighted by Crippen LogP contribution is 2.22. The standard InChI is InChI=1S/C13H19N3O4S/c1-8(2)11-12(21-15-14-11)13(18)16-4-5-20-9(7-16)6-10(17)19-3/h8-9H,4-7H2,1-3H3. The van der Waals surface area contributed by atoms with Gasteiger partial charge in [0.2, 0.25) is 0 Å². The minimum absolute atomic E-state index is 0.0909. The Morgan fingerprint density at radius 2 is 2.29 bits per heavy atom. The number of carbonyl (C=O) groups excluding carboxylic acids is 2. The van der Waals surface area contributed by atoms with Crippen molar-refractivity contribution >= 4 is 23.4 Å². The molecule has 1 aromatic rings. The van der Waals surface area contributed by atoms with Crippen molar-refractivity contribution in [2.45, 2.75) is 32.3 Å². The van der Waals surface area contributed by atoms with E-state index in [9.17, 15) is 9.59 Å². The Balaban J connectivity index is 2.05. The highest BCUT2D eigenvalue weighted by Gasteiger charge is 2.30. The van der Waals surface area contributed by atoms with Crippen molar-refractivity contribution in [2.24, 2.45) is 0 Å². The highest BCUT2D eigenvalue weighted by atomic mass is 32.1. The summed E-state index contributed by atoms with van der Waals surface area (Å²) in [4.78, 5) is 26.1. The van der Waals surface area contributed by atoms with E-state index < -0.39 is 0 Å². The maximum atomic E-state index is 12.6. The fraction of sp³-hybridized carbons (Fsp3) is 0.692. The molecule has 1 aliphatic rings. The Labute approximate surface area is 127 Å². The molecule has 21 heavy (non-hydrogen) atoms. The van der Waals surface area contributed by atoms with E-state index in [0.717, 1.165) is 17.2 Å². The summed E-state index contributed by atoms with van der Waals surface area (Å²) in [5, 5.41) is 4.03. The molecule has 0 spiro atoms. The summed E-state index contributed by atoms with van der Waals surface area (Å²) in [6.45, 7) is 5.26. The smallest absolute Gasteiger partial charge is 0.308 e. The molecule has 1 aliphatic heterocycles. The second-order valence-electron chi connectivity index (χ2n) is 5.17. The van der Waals surface area contributed by atoms with Gasteiger partial charge in [-0.05, 0) is 17.5 Å². The van der Waals surface area contributed by atoms with Crippen LogP contribution in [0.15, 0.2) is 0 Å². The first-order chi connectivity index (χ1) is 10.0. The summed E-state index contributed by atoms with van der Waals surface area (Å²) >= 11 is 1.11. The average molecular weight is 313 g/mol. The number of nitrogens with zero attached hydrogens (tertiary/aromatic N) is 3. The maximum absolute atomic E-state index is 12.6. The van der Waals surface area contributed by atoms with Crippen LogP contribution in [-0.4, -0.2) is 59.3 Å². The highest BCUT2D eigenvalue weighted by molar-refractivity contribution is 7.08. The number of methoxy groups -OCH3 is 1. The topological polar surface area (TPSA) is 81.6 Å². The molecule has 0 saturated carbocycles. The molecule has 0 aromatic carbocycles. The fourth-order valence-electron chi connectivity index (χ4n) is 2.16. The predicted octanol–water partition coefficient (Wildman–Crippen LogP) is 1.07. The van der Waals surface area contributed by atoms with Crippen LogP contribution in [0.1, 0.15) is 41.6 Å². The van der Waals surface area contributed by atoms with Crippen LogP contribution in [0.4, 0.5) is 0 Å². The van der Waals surface area contributed by atoms with Crippen LogP contribution in [0, 0.1) is 0 Å². The monoisotopic (exact) mass is 313 g/mol. The summed E-state index contributed by atoms with van der Waals surface area (Å²) in [5.74, 6) is -0.280. The van der Waals surface area contributed by atoms with E-state index in [1.54, 1.807) is 4.90 Å². The van der Waals surface area contributed by atoms with E-state index in [-0.39, 0.29) is 30.3 Å². The molecule has 7 nitrogen and oxygen atoms in total. The number of carbonyl (C=O) groups is 2. The van der Waals surface area contributed by atoms with Crippen LogP contribution in [0.5, 0.6) is 0 Å². The first-order valence-electron chi connectivity index (χ1n) is 6.82. The third-order valence-corrected chi connectivity index (χ3v) is 4.03. The lowest BCUT2D eigenvalue weighted by Crippen LogP contribution is -2.46. The zero-order valence-electron chi connectivity index (χ0n) is 12.4. The molecule has 116 valence electrons. The molecular weight excluding hydrogens is 294 g/mol. The molecule has 8 heteroatoms. The summed E-state index contributed by atoms with van der Waals surface area (Å²) in [6.07, 6.45) is -0.170. The van der Waals surface area contributed by atoms with Crippen LogP contribution in [0.25, 0.3) is 0 Å². The second-order valence-corrected chi connectivity index (χ2v) is 5.92. The average Bonchev–Trinajstić information content (AvgIpc) is 2.96. The van der Waals surface area contributed by atoms with Gasteiger partial charge in [-0.1, -0.05) is 18.3 Å². The molecule has 2 rings (SSSR count). The van der Waals surface area contributed by atoms with Gasteiger partial charge >= 0.3 is 5.97 Å². The zero-order chi connectivity index (χ0) is 15.4. The van der Waals surface area contributed by atoms with Gasteiger partial charge in [-0.25, -0.2) is 0 Å². The number of aromatic nitrogens is 2. The van der Waals surface area contributed by atoms with E-state index in [1.165, 1.54) is 7.11 Å². The zero-order valence-corrected chi connectivity index (χ0v) is 13.2. The van der Waals surface area contributed by atoms with Crippen LogP contribution < -0.4 is 0 Å². The van der Waals surface area contributed by atoms with Crippen molar-refractivity contribution in [3.63, 3.8) is 0 Å². The van der Waals surface area contributed by atoms with Crippen LogP contribution in [0.2, 0.25) is 0 Å². The molecule has 1 unspecified atom stereocenters. The summed E-state index contributed by atoms with van der Waals surface area (Å²) in [5.41, 5.74) is 0.723. The Kier molecular flexibility index (Phi) is 5.24. The summed E-state index contributed by atoms with van der Waals surface area (Å²) in [7, 11) is 1.34. The Bertz CT molecular complexity index is 517. The number of hydrogen-bond donors (Lipinski definition) is 0. The van der Waals surface area contributed by atoms with Crippen molar-refractivity contribution in [1.29, 1.82) is 0 Å². The van der Waals surface area contributed by atoms with Gasteiger partial charge in [-0.2, -0.15) is 0 Å². The van der Waals surface area contributed by atoms with Crippen molar-refractivity contribution < 1.29 is 19.1 Å². The molecule has 1 amide bonds. The third-order valence-electron chi connectivity index (χ3n) is 3.30. The number of rotatable bonds is 4. The lowest BCUT2D eigenvalue weighted by Gasteiger charge is -2.32. The molecular formula is C13H19N3O4S. The Morgan fingerprint density at radius 3 is 2.95 bits per heavy atom. The van der Waals surface area contributed by atoms with Gasteiger partial charge in [0.05, 0.1) is 31.9 Å². The van der Waals surface area contributed by atoms with Gasteiger partial charge in [-0.15, -0.1) is 5.10 Å². The first-order valence-corrected chi connectivity index (χ1v) is 7.60. The Morgan fingerprint density at radius 1 is 1.52 bits per heavy atom. The van der Waals surface area contributed by atoms with E-state index >= 15 is 0 Å². The van der Waals surface area contributed by atoms with Gasteiger partial charge in [0.1, 0.15) is 4.88 Å². The summed E-state index contributed by atoms with van der Waals surface area (Å²) < 4.78 is 14.0. The van der Waals surface area contributed by atoms with Gasteiger partial charge in [0.15, 0.2) is 0 Å². The van der Waals surface area contributed by atoms with E-state index in [0.29, 0.717) is 24.6 Å². The van der Waals surface area contributed by atoms with E-state index in [4.69, 9.17) is 4.74 Å². The minimum atomic E-state index is -0.336. The lowest BCUT2D eigenvalue weighted by atomic mass is 10.1. The predicted molar refractivity (Wildman–Crippen MR) is 76.3 cm³/mol. The van der Waals surface area contributed by atoms with E-state index in [1.807, 2.05) is 13.8 Å². The Hall–Kier alpha value is -1.54. The lowest BCUT2D eigenvalue weighted by molar-refractivity contribution is -0.145. The molecule has 1 aromatic heterocycles. The molecule has 0 N–H and O–H groups in total. The quantitative estimate of drug-likeness (QED) is 0.773. The third kappa shape index (κ3) is 3.76. The number of hydrogen-bond acceptors (Lipinski definition) is 7. The van der Waals surface area contributed by atoms with Gasteiger partial charge in [0.25, 0.3) is 5.91 Å². The van der Waals surface area contributed by atoms with Crippen molar-refractivity contribution in [1.82, 2.24) is 14.5 Å². The van der Waals surface area contributed by atoms with Crippen LogP contribution >= 0.6 is 11.5 Å². The minimum Gasteiger partial charge on any atom is -0.469 e. The molecule has 0 aliphatic carbocycles. The molecule has 0 radical (unpaired) electrons. The van der Waals surface area contributed by atoms with Crippen molar-refractivity contribution in [3.8, 4) is 0 Å². The number of ether oxygens (including phenoxy) is 2. The van der Waals surface area contributed by atoms with Crippen molar-refractivity contribution in [3.05, 3.63) is 10.6 Å². The first kappa shape index (κ1) is 15.8. The number of morpholine rings is 1. The SMILES string of the molecule is COC(=O)CC1CN(C(=O)c2snnc2C(C)C)CCO1. The number of esters is 1. The summed E-state index contributed by atoms with van der Waals surface area (Å²) in [6, 6.07) is 0. The largest absolute Gasteiger partial charge is 0.469 e. The molecule has 0 bridgehead atoms. The van der Waals surface area contributed by atoms with E-state index in [2.05, 4.69) is 14.3 Å². The maximum Gasteiger partial charge on any atom is 0.308 e. The van der Waals surface area contributed by atoms with Gasteiger partial charge < -0.3 is 14.4 Å². The van der Waals surface area contributed by atoms with Crippen LogP contribution in [-0.2, 0) is 14.3 Å². The van der Waals surface area contributed by atoms with Gasteiger partial charge in [0, 0.05) is 13.1 Å². The molecule has 1 saturated heterocycles. The van der Waals surface area contributed by atoms with Crippen molar-refractivity contribution in [2.75, 3.05) is 26.8 Å². The molecule has 2 heterocycles. The number of amides is 1. The normalized spacial score (nSPS) is 18.9. The van der Waals surface area contributed by atoms with Crippen LogP contribution in [0.3, 0.4) is 0 Å². The fourth-order valence-corrected chi connectivity index (χ4v) is 2.95. The second kappa shape index (κ2) is 6.95. The van der Waals surface area contributed by atoms with Gasteiger partial charge in [-0.3, -0.25) is 9.59 Å². The molecule has 1 fully saturated rings. The molecule has 1 atom stereocenters.